The van der Waals surface area contributed by atoms with Gasteiger partial charge in [-0.05, 0) is 38.5 Å². The number of hydrogen-bond acceptors (Lipinski definition) is 5. The van der Waals surface area contributed by atoms with Gasteiger partial charge in [0, 0.05) is 13.2 Å². The number of rotatable bonds is 40. The van der Waals surface area contributed by atoms with E-state index in [9.17, 15) is 10.2 Å². The predicted octanol–water partition coefficient (Wildman–Crippen LogP) is 12.5. The van der Waals surface area contributed by atoms with Gasteiger partial charge in [0.2, 0.25) is 0 Å². The van der Waals surface area contributed by atoms with E-state index < -0.39 is 0 Å². The smallest absolute Gasteiger partial charge is 0.110 e. The highest BCUT2D eigenvalue weighted by Gasteiger charge is 2.21. The van der Waals surface area contributed by atoms with Gasteiger partial charge in [-0.1, -0.05) is 195 Å². The number of ether oxygens (including phenoxy) is 2. The van der Waals surface area contributed by atoms with Gasteiger partial charge in [0.25, 0.3) is 0 Å². The largest absolute Gasteiger partial charge is 0.396 e. The molecule has 0 aliphatic rings. The highest BCUT2D eigenvalue weighted by atomic mass is 16.5. The Balaban J connectivity index is 4.19. The second kappa shape index (κ2) is 38.6. The summed E-state index contributed by atoms with van der Waals surface area (Å²) in [5.74, 6) is 0. The van der Waals surface area contributed by atoms with Gasteiger partial charge >= 0.3 is 0 Å². The van der Waals surface area contributed by atoms with E-state index in [1.807, 2.05) is 0 Å². The topological polar surface area (TPSA) is 71.0 Å². The van der Waals surface area contributed by atoms with Crippen LogP contribution in [-0.2, 0) is 9.47 Å². The second-order valence-corrected chi connectivity index (χ2v) is 14.6. The van der Waals surface area contributed by atoms with Gasteiger partial charge in [0.15, 0.2) is 0 Å². The van der Waals surface area contributed by atoms with Crippen molar-refractivity contribution in [2.24, 2.45) is 0 Å². The predicted molar refractivity (Wildman–Crippen MR) is 205 cm³/mol. The molecule has 5 nitrogen and oxygen atoms in total. The van der Waals surface area contributed by atoms with Gasteiger partial charge in [0.05, 0.1) is 12.2 Å². The third kappa shape index (κ3) is 32.7. The minimum atomic E-state index is -0.0791. The highest BCUT2D eigenvalue weighted by Crippen LogP contribution is 2.19. The van der Waals surface area contributed by atoms with Crippen molar-refractivity contribution in [2.45, 2.75) is 258 Å². The Morgan fingerprint density at radius 3 is 0.851 bits per heavy atom. The molecule has 5 heteroatoms. The summed E-state index contributed by atoms with van der Waals surface area (Å²) >= 11 is 0. The van der Waals surface area contributed by atoms with E-state index in [1.54, 1.807) is 0 Å². The van der Waals surface area contributed by atoms with E-state index >= 15 is 0 Å². The van der Waals surface area contributed by atoms with E-state index in [-0.39, 0.29) is 37.9 Å². The molecule has 0 aromatic carbocycles. The van der Waals surface area contributed by atoms with Gasteiger partial charge in [0.1, 0.15) is 12.5 Å². The molecule has 0 bridgehead atoms. The molecule has 284 valence electrons. The van der Waals surface area contributed by atoms with Gasteiger partial charge in [-0.15, -0.1) is 0 Å². The molecule has 0 fully saturated rings. The molecule has 0 aliphatic carbocycles. The van der Waals surface area contributed by atoms with E-state index in [2.05, 4.69) is 33.0 Å². The van der Waals surface area contributed by atoms with Crippen LogP contribution < -0.4 is 5.32 Å². The number of aliphatic hydroxyl groups is 2. The van der Waals surface area contributed by atoms with Gasteiger partial charge in [-0.25, -0.2) is 0 Å². The zero-order valence-electron chi connectivity index (χ0n) is 32.6. The Kier molecular flexibility index (Phi) is 38.4. The third-order valence-corrected chi connectivity index (χ3v) is 9.99. The van der Waals surface area contributed by atoms with Crippen LogP contribution in [0.3, 0.4) is 0 Å². The lowest BCUT2D eigenvalue weighted by Gasteiger charge is -2.31. The van der Waals surface area contributed by atoms with Gasteiger partial charge in [-0.2, -0.15) is 0 Å². The Bertz CT molecular complexity index is 529. The van der Waals surface area contributed by atoms with E-state index in [0.29, 0.717) is 12.8 Å². The molecule has 4 atom stereocenters. The zero-order valence-corrected chi connectivity index (χ0v) is 32.6. The highest BCUT2D eigenvalue weighted by molar-refractivity contribution is 4.68. The van der Waals surface area contributed by atoms with E-state index in [0.717, 1.165) is 25.7 Å². The fraction of sp³-hybridized carbons (Fsp3) is 1.00. The molecular formula is C42H87NO4. The first-order valence-electron chi connectivity index (χ1n) is 21.4. The maximum atomic E-state index is 9.70. The molecule has 0 radical (unpaired) electrons. The molecule has 0 aromatic rings. The van der Waals surface area contributed by atoms with Crippen LogP contribution in [0.4, 0.5) is 0 Å². The molecule has 0 heterocycles. The molecule has 0 saturated heterocycles. The second-order valence-electron chi connectivity index (χ2n) is 14.6. The minimum Gasteiger partial charge on any atom is -0.396 e. The van der Waals surface area contributed by atoms with Gasteiger partial charge in [-0.3, -0.25) is 5.32 Å². The van der Waals surface area contributed by atoms with Crippen LogP contribution in [0, 0.1) is 0 Å². The average molecular weight is 670 g/mol. The van der Waals surface area contributed by atoms with Crippen molar-refractivity contribution < 1.29 is 19.7 Å². The van der Waals surface area contributed by atoms with Crippen molar-refractivity contribution in [3.05, 3.63) is 0 Å². The number of unbranched alkanes of at least 4 members (excludes halogenated alkanes) is 24. The molecule has 4 unspecified atom stereocenters. The Morgan fingerprint density at radius 1 is 0.362 bits per heavy atom. The summed E-state index contributed by atoms with van der Waals surface area (Å²) < 4.78 is 13.0. The third-order valence-electron chi connectivity index (χ3n) is 9.99. The van der Waals surface area contributed by atoms with Crippen LogP contribution in [0.5, 0.6) is 0 Å². The molecule has 0 amide bonds. The van der Waals surface area contributed by atoms with Crippen LogP contribution in [-0.4, -0.2) is 48.1 Å². The zero-order chi connectivity index (χ0) is 34.5. The van der Waals surface area contributed by atoms with Crippen molar-refractivity contribution in [2.75, 3.05) is 13.2 Å². The SMILES string of the molecule is CCCCCCCCCCCCCCCC(CCO)OC(CC)NC(CC)OC(CCO)CCCCCCCCCCCCCCC. The first-order valence-corrected chi connectivity index (χ1v) is 21.4. The van der Waals surface area contributed by atoms with Gasteiger partial charge < -0.3 is 19.7 Å². The summed E-state index contributed by atoms with van der Waals surface area (Å²) in [6, 6.07) is 0. The maximum Gasteiger partial charge on any atom is 0.110 e. The van der Waals surface area contributed by atoms with Crippen molar-refractivity contribution in [1.29, 1.82) is 0 Å². The molecule has 0 spiro atoms. The number of hydrogen-bond donors (Lipinski definition) is 3. The fourth-order valence-corrected chi connectivity index (χ4v) is 6.81. The first-order chi connectivity index (χ1) is 23.1. The van der Waals surface area contributed by atoms with Crippen LogP contribution in [0.25, 0.3) is 0 Å². The molecule has 0 aromatic heterocycles. The van der Waals surface area contributed by atoms with Crippen molar-refractivity contribution in [3.8, 4) is 0 Å². The van der Waals surface area contributed by atoms with Crippen molar-refractivity contribution >= 4 is 0 Å². The first kappa shape index (κ1) is 46.8. The maximum absolute atomic E-state index is 9.70. The molecule has 0 saturated carbocycles. The van der Waals surface area contributed by atoms with Crippen LogP contribution in [0.15, 0.2) is 0 Å². The molecule has 3 N–H and O–H groups in total. The fourth-order valence-electron chi connectivity index (χ4n) is 6.81. The molecule has 0 aliphatic heterocycles. The summed E-state index contributed by atoms with van der Waals surface area (Å²) in [5, 5.41) is 23.0. The summed E-state index contributed by atoms with van der Waals surface area (Å²) in [7, 11) is 0. The lowest BCUT2D eigenvalue weighted by Crippen LogP contribution is -2.44. The molecule has 0 rings (SSSR count). The summed E-state index contributed by atoms with van der Waals surface area (Å²) in [6.07, 6.45) is 40.6. The van der Waals surface area contributed by atoms with Crippen LogP contribution in [0.2, 0.25) is 0 Å². The average Bonchev–Trinajstić information content (AvgIpc) is 3.08. The quantitative estimate of drug-likeness (QED) is 0.0447. The van der Waals surface area contributed by atoms with E-state index in [4.69, 9.17) is 9.47 Å². The van der Waals surface area contributed by atoms with Crippen molar-refractivity contribution in [1.82, 2.24) is 5.32 Å². The molecular weight excluding hydrogens is 582 g/mol. The van der Waals surface area contributed by atoms with E-state index in [1.165, 1.54) is 167 Å². The lowest BCUT2D eigenvalue weighted by molar-refractivity contribution is -0.106. The summed E-state index contributed by atoms with van der Waals surface area (Å²) in [4.78, 5) is 0. The minimum absolute atomic E-state index is 0.0791. The number of aliphatic hydroxyl groups excluding tert-OH is 2. The number of nitrogens with one attached hydrogen (secondary N) is 1. The normalized spacial score (nSPS) is 14.4. The Hall–Kier alpha value is -0.200. The van der Waals surface area contributed by atoms with Crippen LogP contribution >= 0.6 is 0 Å². The molecule has 47 heavy (non-hydrogen) atoms. The standard InChI is InChI=1S/C42H87NO4/c1-5-9-11-13-15-17-19-21-23-25-27-29-31-33-39(35-37-44)46-41(7-3)43-42(8-4)47-40(36-38-45)34-32-30-28-26-24-22-20-18-16-14-12-10-6-2/h39-45H,5-38H2,1-4H3. The summed E-state index contributed by atoms with van der Waals surface area (Å²) in [6.45, 7) is 9.23. The lowest BCUT2D eigenvalue weighted by atomic mass is 10.0. The van der Waals surface area contributed by atoms with Crippen molar-refractivity contribution in [3.63, 3.8) is 0 Å². The Labute approximate surface area is 295 Å². The monoisotopic (exact) mass is 670 g/mol. The Morgan fingerprint density at radius 2 is 0.617 bits per heavy atom. The van der Waals surface area contributed by atoms with Crippen LogP contribution in [0.1, 0.15) is 233 Å². The summed E-state index contributed by atoms with van der Waals surface area (Å²) in [5.41, 5.74) is 0.